The van der Waals surface area contributed by atoms with E-state index in [-0.39, 0.29) is 11.8 Å². The number of anilines is 1. The van der Waals surface area contributed by atoms with Gasteiger partial charge < -0.3 is 10.6 Å². The van der Waals surface area contributed by atoms with E-state index in [4.69, 9.17) is 0 Å². The van der Waals surface area contributed by atoms with Crippen LogP contribution in [0.1, 0.15) is 33.8 Å². The predicted octanol–water partition coefficient (Wildman–Crippen LogP) is 6.41. The van der Waals surface area contributed by atoms with E-state index in [0.717, 1.165) is 16.2 Å². The van der Waals surface area contributed by atoms with Crippen LogP contribution in [0.3, 0.4) is 0 Å². The van der Waals surface area contributed by atoms with Crippen molar-refractivity contribution < 1.29 is 14.0 Å². The molecule has 1 saturated carbocycles. The van der Waals surface area contributed by atoms with Crippen LogP contribution in [-0.2, 0) is 10.5 Å². The summed E-state index contributed by atoms with van der Waals surface area (Å²) < 4.78 is 13.3. The van der Waals surface area contributed by atoms with E-state index in [1.807, 2.05) is 72.8 Å². The summed E-state index contributed by atoms with van der Waals surface area (Å²) in [5.74, 6) is -0.376. The summed E-state index contributed by atoms with van der Waals surface area (Å²) >= 11 is 1.73. The van der Waals surface area contributed by atoms with Gasteiger partial charge in [0.25, 0.3) is 11.8 Å². The van der Waals surface area contributed by atoms with E-state index in [0.29, 0.717) is 17.7 Å². The fourth-order valence-electron chi connectivity index (χ4n) is 4.29. The number of hydrogen-bond acceptors (Lipinski definition) is 3. The molecule has 2 amide bonds. The summed E-state index contributed by atoms with van der Waals surface area (Å²) in [5, 5.41) is 5.93. The molecule has 1 fully saturated rings. The van der Waals surface area contributed by atoms with Gasteiger partial charge in [0.15, 0.2) is 0 Å². The normalized spacial score (nSPS) is 18.3. The molecule has 2 N–H and O–H groups in total. The lowest BCUT2D eigenvalue weighted by atomic mass is 10.0. The summed E-state index contributed by atoms with van der Waals surface area (Å²) in [6.45, 7) is 0. The lowest BCUT2D eigenvalue weighted by molar-refractivity contribution is -0.119. The number of hydrogen-bond donors (Lipinski definition) is 2. The van der Waals surface area contributed by atoms with Crippen LogP contribution >= 0.6 is 11.8 Å². The Morgan fingerprint density at radius 1 is 0.833 bits per heavy atom. The zero-order valence-electron chi connectivity index (χ0n) is 19.5. The number of thioether (sulfide) groups is 1. The number of rotatable bonds is 8. The van der Waals surface area contributed by atoms with Gasteiger partial charge in [0.2, 0.25) is 0 Å². The number of carbonyl (C=O) groups is 2. The Labute approximate surface area is 213 Å². The fraction of sp³-hybridized carbons (Fsp3) is 0.133. The van der Waals surface area contributed by atoms with Crippen molar-refractivity contribution in [2.45, 2.75) is 28.5 Å². The second-order valence-electron chi connectivity index (χ2n) is 8.85. The Balaban J connectivity index is 1.30. The molecule has 0 saturated heterocycles. The zero-order valence-corrected chi connectivity index (χ0v) is 20.3. The molecule has 0 spiro atoms. The third kappa shape index (κ3) is 5.34. The van der Waals surface area contributed by atoms with Crippen molar-refractivity contribution in [3.05, 3.63) is 132 Å². The van der Waals surface area contributed by atoms with Crippen LogP contribution < -0.4 is 10.6 Å². The number of benzene rings is 4. The van der Waals surface area contributed by atoms with Crippen LogP contribution in [-0.4, -0.2) is 17.4 Å². The maximum atomic E-state index is 13.5. The quantitative estimate of drug-likeness (QED) is 0.277. The molecule has 0 bridgehead atoms. The first-order valence-electron chi connectivity index (χ1n) is 11.7. The van der Waals surface area contributed by atoms with Gasteiger partial charge in [-0.3, -0.25) is 9.59 Å². The van der Waals surface area contributed by atoms with Gasteiger partial charge in [-0.25, -0.2) is 4.39 Å². The summed E-state index contributed by atoms with van der Waals surface area (Å²) in [4.78, 5) is 27.6. The van der Waals surface area contributed by atoms with Gasteiger partial charge in [-0.05, 0) is 66.1 Å². The second-order valence-corrected chi connectivity index (χ2v) is 9.90. The van der Waals surface area contributed by atoms with E-state index in [2.05, 4.69) is 22.8 Å². The van der Waals surface area contributed by atoms with Crippen LogP contribution in [0, 0.1) is 5.82 Å². The van der Waals surface area contributed by atoms with E-state index >= 15 is 0 Å². The maximum Gasteiger partial charge on any atom is 0.252 e. The first-order chi connectivity index (χ1) is 17.5. The Kier molecular flexibility index (Phi) is 6.87. The van der Waals surface area contributed by atoms with Gasteiger partial charge in [0.05, 0.1) is 0 Å². The lowest BCUT2D eigenvalue weighted by Crippen LogP contribution is -2.47. The highest BCUT2D eigenvalue weighted by molar-refractivity contribution is 7.98. The van der Waals surface area contributed by atoms with Gasteiger partial charge in [-0.15, -0.1) is 11.8 Å². The monoisotopic (exact) mass is 496 g/mol. The summed E-state index contributed by atoms with van der Waals surface area (Å²) in [7, 11) is 0. The molecule has 180 valence electrons. The topological polar surface area (TPSA) is 58.2 Å². The van der Waals surface area contributed by atoms with Crippen LogP contribution in [0.15, 0.2) is 114 Å². The van der Waals surface area contributed by atoms with Gasteiger partial charge >= 0.3 is 0 Å². The molecule has 2 atom stereocenters. The van der Waals surface area contributed by atoms with Crippen molar-refractivity contribution in [1.82, 2.24) is 5.32 Å². The molecule has 2 unspecified atom stereocenters. The smallest absolute Gasteiger partial charge is 0.252 e. The molecule has 0 aliphatic heterocycles. The van der Waals surface area contributed by atoms with Crippen LogP contribution in [0.5, 0.6) is 0 Å². The molecule has 4 aromatic rings. The summed E-state index contributed by atoms with van der Waals surface area (Å²) in [5.41, 5.74) is 2.13. The Hall–Kier alpha value is -3.90. The largest absolute Gasteiger partial charge is 0.337 e. The highest BCUT2D eigenvalue weighted by Crippen LogP contribution is 2.52. The highest BCUT2D eigenvalue weighted by Gasteiger charge is 2.61. The minimum Gasteiger partial charge on any atom is -0.337 e. The van der Waals surface area contributed by atoms with Crippen LogP contribution in [0.25, 0.3) is 0 Å². The SMILES string of the molecule is O=C(NC1(C(=O)Nc2ccc(SCc3ccccc3)cc2)CC1c1ccccc1)c1ccc(F)cc1. The van der Waals surface area contributed by atoms with Crippen molar-refractivity contribution in [3.63, 3.8) is 0 Å². The van der Waals surface area contributed by atoms with Crippen molar-refractivity contribution in [1.29, 1.82) is 0 Å². The lowest BCUT2D eigenvalue weighted by Gasteiger charge is -2.20. The number of nitrogens with one attached hydrogen (secondary N) is 2. The Bertz CT molecular complexity index is 1350. The summed E-state index contributed by atoms with van der Waals surface area (Å²) in [6, 6.07) is 33.0. The maximum absolute atomic E-state index is 13.5. The Morgan fingerprint density at radius 2 is 1.47 bits per heavy atom. The van der Waals surface area contributed by atoms with E-state index < -0.39 is 17.3 Å². The average Bonchev–Trinajstić information content (AvgIpc) is 3.65. The molecule has 0 aromatic heterocycles. The van der Waals surface area contributed by atoms with Crippen LogP contribution in [0.2, 0.25) is 0 Å². The number of carbonyl (C=O) groups excluding carboxylic acids is 2. The molecular formula is C30H25FN2O2S. The standard InChI is InChI=1S/C30H25FN2O2S/c31-24-13-11-23(12-14-24)28(34)33-30(19-27(30)22-9-5-2-6-10-22)29(35)32-25-15-17-26(18-16-25)36-20-21-7-3-1-4-8-21/h1-18,27H,19-20H2,(H,32,35)(H,33,34). The van der Waals surface area contributed by atoms with Crippen molar-refractivity contribution in [2.75, 3.05) is 5.32 Å². The first kappa shape index (κ1) is 23.8. The molecule has 0 heterocycles. The number of amides is 2. The molecule has 4 nitrogen and oxygen atoms in total. The molecule has 1 aliphatic rings. The van der Waals surface area contributed by atoms with E-state index in [9.17, 15) is 14.0 Å². The minimum absolute atomic E-state index is 0.149. The third-order valence-corrected chi connectivity index (χ3v) is 7.45. The van der Waals surface area contributed by atoms with Gasteiger partial charge in [0, 0.05) is 27.8 Å². The molecule has 6 heteroatoms. The predicted molar refractivity (Wildman–Crippen MR) is 141 cm³/mol. The first-order valence-corrected chi connectivity index (χ1v) is 12.7. The molecule has 1 aliphatic carbocycles. The average molecular weight is 497 g/mol. The van der Waals surface area contributed by atoms with Crippen molar-refractivity contribution in [2.24, 2.45) is 0 Å². The number of halogens is 1. The molecule has 0 radical (unpaired) electrons. The fourth-order valence-corrected chi connectivity index (χ4v) is 5.14. The van der Waals surface area contributed by atoms with E-state index in [1.165, 1.54) is 29.8 Å². The van der Waals surface area contributed by atoms with Gasteiger partial charge in [0.1, 0.15) is 11.4 Å². The van der Waals surface area contributed by atoms with Crippen molar-refractivity contribution >= 4 is 29.3 Å². The molecule has 5 rings (SSSR count). The second kappa shape index (κ2) is 10.4. The van der Waals surface area contributed by atoms with Crippen LogP contribution in [0.4, 0.5) is 10.1 Å². The van der Waals surface area contributed by atoms with Gasteiger partial charge in [-0.2, -0.15) is 0 Å². The molecule has 36 heavy (non-hydrogen) atoms. The molecule has 4 aromatic carbocycles. The Morgan fingerprint density at radius 3 is 2.14 bits per heavy atom. The molecular weight excluding hydrogens is 471 g/mol. The van der Waals surface area contributed by atoms with E-state index in [1.54, 1.807) is 11.8 Å². The van der Waals surface area contributed by atoms with Gasteiger partial charge in [-0.1, -0.05) is 60.7 Å². The third-order valence-electron chi connectivity index (χ3n) is 6.37. The summed E-state index contributed by atoms with van der Waals surface area (Å²) in [6.07, 6.45) is 0.487. The zero-order chi connectivity index (χ0) is 25.0. The van der Waals surface area contributed by atoms with Crippen molar-refractivity contribution in [3.8, 4) is 0 Å². The minimum atomic E-state index is -1.08. The highest BCUT2D eigenvalue weighted by atomic mass is 32.2.